The molecule has 7 atom stereocenters. The molecular formula is C28H39NO2. The molecular weight excluding hydrogens is 382 g/mol. The lowest BCUT2D eigenvalue weighted by Gasteiger charge is -2.59. The lowest BCUT2D eigenvalue weighted by Crippen LogP contribution is -2.54. The van der Waals surface area contributed by atoms with Gasteiger partial charge in [0, 0.05) is 25.2 Å². The molecule has 0 aliphatic heterocycles. The van der Waals surface area contributed by atoms with Crippen molar-refractivity contribution in [3.05, 3.63) is 35.4 Å². The first-order valence-corrected chi connectivity index (χ1v) is 12.4. The van der Waals surface area contributed by atoms with Crippen LogP contribution in [0.1, 0.15) is 70.8 Å². The van der Waals surface area contributed by atoms with Crippen molar-refractivity contribution in [1.82, 2.24) is 0 Å². The van der Waals surface area contributed by atoms with Crippen LogP contribution < -0.4 is 4.90 Å². The second kappa shape index (κ2) is 7.47. The SMILES string of the molecule is CN(C)c1ccc(C=C2CC3C4CCC5CC(O)CCC5(C)C4CCC3(C)C2=O)cc1. The zero-order valence-corrected chi connectivity index (χ0v) is 19.7. The van der Waals surface area contributed by atoms with Crippen LogP contribution in [-0.2, 0) is 4.79 Å². The predicted molar refractivity (Wildman–Crippen MR) is 127 cm³/mol. The maximum Gasteiger partial charge on any atom is 0.165 e. The summed E-state index contributed by atoms with van der Waals surface area (Å²) in [4.78, 5) is 15.7. The lowest BCUT2D eigenvalue weighted by molar-refractivity contribution is -0.141. The minimum atomic E-state index is -0.173. The van der Waals surface area contributed by atoms with Crippen LogP contribution in [-0.4, -0.2) is 31.1 Å². The average molecular weight is 422 g/mol. The number of allylic oxidation sites excluding steroid dienone is 1. The van der Waals surface area contributed by atoms with Crippen LogP contribution in [0.15, 0.2) is 29.8 Å². The van der Waals surface area contributed by atoms with E-state index in [1.807, 2.05) is 0 Å². The molecule has 4 aliphatic rings. The van der Waals surface area contributed by atoms with E-state index in [9.17, 15) is 9.90 Å². The number of rotatable bonds is 2. The molecule has 7 unspecified atom stereocenters. The van der Waals surface area contributed by atoms with Gasteiger partial charge in [-0.25, -0.2) is 0 Å². The summed E-state index contributed by atoms with van der Waals surface area (Å²) >= 11 is 0. The summed E-state index contributed by atoms with van der Waals surface area (Å²) in [6.07, 6.45) is 10.9. The molecule has 31 heavy (non-hydrogen) atoms. The number of benzene rings is 1. The third-order valence-corrected chi connectivity index (χ3v) is 10.0. The summed E-state index contributed by atoms with van der Waals surface area (Å²) < 4.78 is 0. The zero-order chi connectivity index (χ0) is 22.0. The fourth-order valence-corrected chi connectivity index (χ4v) is 8.10. The molecule has 168 valence electrons. The van der Waals surface area contributed by atoms with Gasteiger partial charge in [-0.2, -0.15) is 0 Å². The molecule has 5 rings (SSSR count). The van der Waals surface area contributed by atoms with Crippen molar-refractivity contribution in [2.75, 3.05) is 19.0 Å². The van der Waals surface area contributed by atoms with E-state index in [1.54, 1.807) is 0 Å². The minimum Gasteiger partial charge on any atom is -0.393 e. The number of hydrogen-bond donors (Lipinski definition) is 1. The highest BCUT2D eigenvalue weighted by molar-refractivity contribution is 6.06. The Labute approximate surface area is 187 Å². The number of anilines is 1. The summed E-state index contributed by atoms with van der Waals surface area (Å²) in [6, 6.07) is 8.55. The van der Waals surface area contributed by atoms with Crippen molar-refractivity contribution in [2.24, 2.45) is 34.5 Å². The Morgan fingerprint density at radius 1 is 1.00 bits per heavy atom. The summed E-state index contributed by atoms with van der Waals surface area (Å²) in [5, 5.41) is 10.3. The molecule has 1 aromatic rings. The van der Waals surface area contributed by atoms with Gasteiger partial charge in [-0.05, 0) is 110 Å². The Balaban J connectivity index is 1.41. The predicted octanol–water partition coefficient (Wildman–Crippen LogP) is 5.72. The Morgan fingerprint density at radius 3 is 2.45 bits per heavy atom. The smallest absolute Gasteiger partial charge is 0.165 e. The van der Waals surface area contributed by atoms with Crippen LogP contribution in [0.3, 0.4) is 0 Å². The van der Waals surface area contributed by atoms with Gasteiger partial charge in [0.25, 0.3) is 0 Å². The third-order valence-electron chi connectivity index (χ3n) is 10.0. The maximum atomic E-state index is 13.6. The molecule has 0 radical (unpaired) electrons. The van der Waals surface area contributed by atoms with E-state index in [4.69, 9.17) is 0 Å². The topological polar surface area (TPSA) is 40.5 Å². The zero-order valence-electron chi connectivity index (χ0n) is 19.7. The second-order valence-electron chi connectivity index (χ2n) is 11.7. The molecule has 1 aromatic carbocycles. The molecule has 0 spiro atoms. The van der Waals surface area contributed by atoms with Crippen molar-refractivity contribution in [1.29, 1.82) is 0 Å². The van der Waals surface area contributed by atoms with E-state index in [0.717, 1.165) is 49.2 Å². The molecule has 4 fully saturated rings. The second-order valence-corrected chi connectivity index (χ2v) is 11.7. The van der Waals surface area contributed by atoms with Crippen LogP contribution in [0.25, 0.3) is 6.08 Å². The monoisotopic (exact) mass is 421 g/mol. The van der Waals surface area contributed by atoms with Gasteiger partial charge in [-0.3, -0.25) is 4.79 Å². The Kier molecular flexibility index (Phi) is 5.12. The van der Waals surface area contributed by atoms with E-state index in [-0.39, 0.29) is 11.5 Å². The number of nitrogens with zero attached hydrogens (tertiary/aromatic N) is 1. The van der Waals surface area contributed by atoms with Crippen LogP contribution in [0, 0.1) is 34.5 Å². The van der Waals surface area contributed by atoms with Gasteiger partial charge in [0.1, 0.15) is 0 Å². The van der Waals surface area contributed by atoms with Crippen LogP contribution in [0.4, 0.5) is 5.69 Å². The third kappa shape index (κ3) is 3.30. The van der Waals surface area contributed by atoms with Crippen molar-refractivity contribution >= 4 is 17.5 Å². The van der Waals surface area contributed by atoms with E-state index in [1.165, 1.54) is 24.9 Å². The van der Waals surface area contributed by atoms with Gasteiger partial charge < -0.3 is 10.0 Å². The molecule has 0 aromatic heterocycles. The van der Waals surface area contributed by atoms with Gasteiger partial charge in [0.2, 0.25) is 0 Å². The maximum absolute atomic E-state index is 13.6. The van der Waals surface area contributed by atoms with E-state index < -0.39 is 0 Å². The number of fused-ring (bicyclic) bond motifs is 5. The molecule has 4 aliphatic carbocycles. The molecule has 3 nitrogen and oxygen atoms in total. The summed E-state index contributed by atoms with van der Waals surface area (Å²) in [7, 11) is 4.11. The molecule has 0 bridgehead atoms. The van der Waals surface area contributed by atoms with Crippen molar-refractivity contribution < 1.29 is 9.90 Å². The fourth-order valence-electron chi connectivity index (χ4n) is 8.10. The number of ketones is 1. The average Bonchev–Trinajstić information content (AvgIpc) is 2.99. The van der Waals surface area contributed by atoms with Gasteiger partial charge in [0.05, 0.1) is 6.10 Å². The number of carbonyl (C=O) groups excluding carboxylic acids is 1. The Bertz CT molecular complexity index is 887. The van der Waals surface area contributed by atoms with Gasteiger partial charge in [0.15, 0.2) is 5.78 Å². The highest BCUT2D eigenvalue weighted by atomic mass is 16.3. The first-order chi connectivity index (χ1) is 14.7. The largest absolute Gasteiger partial charge is 0.393 e. The fraction of sp³-hybridized carbons (Fsp3) is 0.679. The van der Waals surface area contributed by atoms with Crippen LogP contribution in [0.2, 0.25) is 0 Å². The van der Waals surface area contributed by atoms with Crippen LogP contribution >= 0.6 is 0 Å². The summed E-state index contributed by atoms with van der Waals surface area (Å²) in [5.74, 6) is 2.98. The summed E-state index contributed by atoms with van der Waals surface area (Å²) in [6.45, 7) is 4.79. The molecule has 0 saturated heterocycles. The molecule has 4 saturated carbocycles. The number of aliphatic hydroxyl groups excluding tert-OH is 1. The van der Waals surface area contributed by atoms with Crippen molar-refractivity contribution in [3.63, 3.8) is 0 Å². The number of aliphatic hydroxyl groups is 1. The number of Topliss-reactive ketones (excluding diaryl/α,β-unsaturated/α-hetero) is 1. The minimum absolute atomic E-state index is 0.0926. The normalized spacial score (nSPS) is 43.3. The quantitative estimate of drug-likeness (QED) is 0.621. The van der Waals surface area contributed by atoms with Gasteiger partial charge in [-0.15, -0.1) is 0 Å². The lowest BCUT2D eigenvalue weighted by atomic mass is 9.45. The highest BCUT2D eigenvalue weighted by Crippen LogP contribution is 2.66. The Morgan fingerprint density at radius 2 is 1.74 bits per heavy atom. The molecule has 0 heterocycles. The van der Waals surface area contributed by atoms with Crippen LogP contribution in [0.5, 0.6) is 0 Å². The number of carbonyl (C=O) groups is 1. The molecule has 1 N–H and O–H groups in total. The first-order valence-electron chi connectivity index (χ1n) is 12.4. The van der Waals surface area contributed by atoms with Gasteiger partial charge >= 0.3 is 0 Å². The van der Waals surface area contributed by atoms with E-state index in [2.05, 4.69) is 63.2 Å². The van der Waals surface area contributed by atoms with Crippen molar-refractivity contribution in [3.8, 4) is 0 Å². The van der Waals surface area contributed by atoms with Crippen molar-refractivity contribution in [2.45, 2.75) is 71.3 Å². The number of hydrogen-bond acceptors (Lipinski definition) is 3. The standard InChI is InChI=1S/C28H39NO2/c1-27-13-11-22(30)17-20(27)7-10-23-24(27)12-14-28(2)25(23)16-19(26(28)31)15-18-5-8-21(9-6-18)29(3)4/h5-6,8-9,15,20,22-25,30H,7,10-14,16-17H2,1-4H3. The Hall–Kier alpha value is -1.61. The first kappa shape index (κ1) is 21.2. The summed E-state index contributed by atoms with van der Waals surface area (Å²) in [5.41, 5.74) is 3.57. The van der Waals surface area contributed by atoms with Gasteiger partial charge in [-0.1, -0.05) is 26.0 Å². The molecule has 3 heteroatoms. The molecule has 0 amide bonds. The van der Waals surface area contributed by atoms with E-state index >= 15 is 0 Å². The highest BCUT2D eigenvalue weighted by Gasteiger charge is 2.61. The van der Waals surface area contributed by atoms with E-state index in [0.29, 0.717) is 29.0 Å².